The van der Waals surface area contributed by atoms with Crippen molar-refractivity contribution in [1.82, 2.24) is 14.8 Å². The fraction of sp³-hybridized carbons (Fsp3) is 0.667. The van der Waals surface area contributed by atoms with Crippen LogP contribution >= 0.6 is 0 Å². The summed E-state index contributed by atoms with van der Waals surface area (Å²) in [4.78, 5) is 15.9. The first-order chi connectivity index (χ1) is 7.62. The predicted octanol–water partition coefficient (Wildman–Crippen LogP) is -0.739. The number of aromatic nitrogens is 3. The smallest absolute Gasteiger partial charge is 0.246 e. The standard InChI is InChI=1S/C9H15N5O2/c1-14-8(11-6-12-14)13-7(15)9(10)2-4-16-5-3-9/h6H,2-5,10H2,1H3,(H,11,12,13,15). The van der Waals surface area contributed by atoms with Crippen LogP contribution in [0.2, 0.25) is 0 Å². The molecule has 0 saturated carbocycles. The van der Waals surface area contributed by atoms with E-state index in [1.807, 2.05) is 0 Å². The van der Waals surface area contributed by atoms with Gasteiger partial charge in [0.2, 0.25) is 11.9 Å². The Morgan fingerprint density at radius 2 is 2.31 bits per heavy atom. The zero-order valence-corrected chi connectivity index (χ0v) is 9.14. The zero-order valence-electron chi connectivity index (χ0n) is 9.14. The molecule has 0 radical (unpaired) electrons. The van der Waals surface area contributed by atoms with Gasteiger partial charge in [0, 0.05) is 20.3 Å². The van der Waals surface area contributed by atoms with E-state index >= 15 is 0 Å². The molecule has 16 heavy (non-hydrogen) atoms. The summed E-state index contributed by atoms with van der Waals surface area (Å²) in [5.41, 5.74) is 5.16. The normalized spacial score (nSPS) is 19.4. The Labute approximate surface area is 93.0 Å². The molecule has 2 heterocycles. The van der Waals surface area contributed by atoms with Crippen LogP contribution in [-0.4, -0.2) is 39.4 Å². The molecule has 1 amide bonds. The van der Waals surface area contributed by atoms with Crippen LogP contribution in [0.1, 0.15) is 12.8 Å². The highest BCUT2D eigenvalue weighted by Gasteiger charge is 2.36. The van der Waals surface area contributed by atoms with Gasteiger partial charge in [0.25, 0.3) is 0 Å². The van der Waals surface area contributed by atoms with Gasteiger partial charge in [-0.3, -0.25) is 10.1 Å². The number of amides is 1. The van der Waals surface area contributed by atoms with Crippen LogP contribution in [-0.2, 0) is 16.6 Å². The second-order valence-electron chi connectivity index (χ2n) is 3.93. The number of rotatable bonds is 2. The van der Waals surface area contributed by atoms with Crippen LogP contribution < -0.4 is 11.1 Å². The summed E-state index contributed by atoms with van der Waals surface area (Å²) in [6, 6.07) is 0. The number of hydrogen-bond acceptors (Lipinski definition) is 5. The Kier molecular flexibility index (Phi) is 2.88. The Morgan fingerprint density at radius 3 is 2.88 bits per heavy atom. The molecule has 2 rings (SSSR count). The van der Waals surface area contributed by atoms with Crippen LogP contribution in [0.5, 0.6) is 0 Å². The van der Waals surface area contributed by atoms with Gasteiger partial charge >= 0.3 is 0 Å². The van der Waals surface area contributed by atoms with Crippen molar-refractivity contribution in [2.75, 3.05) is 18.5 Å². The second kappa shape index (κ2) is 4.18. The lowest BCUT2D eigenvalue weighted by molar-refractivity contribution is -0.124. The maximum atomic E-state index is 12.0. The Bertz CT molecular complexity index is 383. The largest absolute Gasteiger partial charge is 0.381 e. The van der Waals surface area contributed by atoms with Crippen LogP contribution in [0.4, 0.5) is 5.95 Å². The lowest BCUT2D eigenvalue weighted by atomic mass is 9.90. The zero-order chi connectivity index (χ0) is 11.6. The first-order valence-electron chi connectivity index (χ1n) is 5.14. The predicted molar refractivity (Wildman–Crippen MR) is 56.6 cm³/mol. The van der Waals surface area contributed by atoms with Gasteiger partial charge in [-0.1, -0.05) is 0 Å². The van der Waals surface area contributed by atoms with Gasteiger partial charge < -0.3 is 10.5 Å². The van der Waals surface area contributed by atoms with Crippen LogP contribution in [0, 0.1) is 0 Å². The van der Waals surface area contributed by atoms with Gasteiger partial charge in [0.1, 0.15) is 11.9 Å². The van der Waals surface area contributed by atoms with E-state index in [0.717, 1.165) is 0 Å². The maximum Gasteiger partial charge on any atom is 0.246 e. The summed E-state index contributed by atoms with van der Waals surface area (Å²) >= 11 is 0. The molecule has 88 valence electrons. The number of ether oxygens (including phenoxy) is 1. The topological polar surface area (TPSA) is 95.1 Å². The van der Waals surface area contributed by atoms with Crippen molar-refractivity contribution in [2.45, 2.75) is 18.4 Å². The van der Waals surface area contributed by atoms with Crippen LogP contribution in [0.15, 0.2) is 6.33 Å². The summed E-state index contributed by atoms with van der Waals surface area (Å²) in [6.07, 6.45) is 2.43. The molecule has 1 aliphatic heterocycles. The molecule has 1 aromatic rings. The third-order valence-corrected chi connectivity index (χ3v) is 2.77. The summed E-state index contributed by atoms with van der Waals surface area (Å²) in [6.45, 7) is 1.03. The van der Waals surface area contributed by atoms with E-state index in [2.05, 4.69) is 15.4 Å². The SMILES string of the molecule is Cn1ncnc1NC(=O)C1(N)CCOCC1. The third-order valence-electron chi connectivity index (χ3n) is 2.77. The fourth-order valence-corrected chi connectivity index (χ4v) is 1.60. The summed E-state index contributed by atoms with van der Waals surface area (Å²) in [7, 11) is 1.70. The average Bonchev–Trinajstić information content (AvgIpc) is 2.65. The maximum absolute atomic E-state index is 12.0. The first-order valence-corrected chi connectivity index (χ1v) is 5.14. The number of hydrogen-bond donors (Lipinski definition) is 2. The molecule has 1 aliphatic rings. The van der Waals surface area contributed by atoms with E-state index in [-0.39, 0.29) is 5.91 Å². The van der Waals surface area contributed by atoms with E-state index < -0.39 is 5.54 Å². The van der Waals surface area contributed by atoms with Crippen LogP contribution in [0.3, 0.4) is 0 Å². The highest BCUT2D eigenvalue weighted by Crippen LogP contribution is 2.19. The molecule has 0 bridgehead atoms. The molecule has 7 nitrogen and oxygen atoms in total. The summed E-state index contributed by atoms with van der Waals surface area (Å²) in [5, 5.41) is 6.53. The minimum Gasteiger partial charge on any atom is -0.381 e. The molecule has 1 fully saturated rings. The third kappa shape index (κ3) is 2.05. The van der Waals surface area contributed by atoms with Gasteiger partial charge in [-0.25, -0.2) is 4.68 Å². The van der Waals surface area contributed by atoms with E-state index in [9.17, 15) is 4.79 Å². The fourth-order valence-electron chi connectivity index (χ4n) is 1.60. The highest BCUT2D eigenvalue weighted by atomic mass is 16.5. The Morgan fingerprint density at radius 1 is 1.62 bits per heavy atom. The van der Waals surface area contributed by atoms with Crippen molar-refractivity contribution in [3.05, 3.63) is 6.33 Å². The first kappa shape index (κ1) is 11.0. The van der Waals surface area contributed by atoms with Gasteiger partial charge in [-0.05, 0) is 12.8 Å². The molecule has 0 aromatic carbocycles. The van der Waals surface area contributed by atoms with Crippen molar-refractivity contribution < 1.29 is 9.53 Å². The molecular formula is C9H15N5O2. The number of nitrogens with two attached hydrogens (primary N) is 1. The van der Waals surface area contributed by atoms with E-state index in [1.165, 1.54) is 11.0 Å². The van der Waals surface area contributed by atoms with Crippen molar-refractivity contribution in [2.24, 2.45) is 12.8 Å². The lowest BCUT2D eigenvalue weighted by Gasteiger charge is -2.31. The van der Waals surface area contributed by atoms with Crippen molar-refractivity contribution >= 4 is 11.9 Å². The number of aryl methyl sites for hydroxylation is 1. The highest BCUT2D eigenvalue weighted by molar-refractivity contribution is 5.96. The molecule has 1 aromatic heterocycles. The van der Waals surface area contributed by atoms with Gasteiger partial charge in [0.15, 0.2) is 0 Å². The molecule has 0 atom stereocenters. The number of nitrogens with zero attached hydrogens (tertiary/aromatic N) is 3. The molecule has 7 heteroatoms. The molecule has 0 unspecified atom stereocenters. The Balaban J connectivity index is 2.05. The van der Waals surface area contributed by atoms with Gasteiger partial charge in [-0.15, -0.1) is 0 Å². The van der Waals surface area contributed by atoms with Crippen molar-refractivity contribution in [1.29, 1.82) is 0 Å². The lowest BCUT2D eigenvalue weighted by Crippen LogP contribution is -2.54. The van der Waals surface area contributed by atoms with E-state index in [1.54, 1.807) is 7.05 Å². The number of anilines is 1. The molecule has 3 N–H and O–H groups in total. The summed E-state index contributed by atoms with van der Waals surface area (Å²) < 4.78 is 6.67. The number of carbonyl (C=O) groups is 1. The molecule has 1 saturated heterocycles. The van der Waals surface area contributed by atoms with Crippen molar-refractivity contribution in [3.8, 4) is 0 Å². The van der Waals surface area contributed by atoms with Crippen LogP contribution in [0.25, 0.3) is 0 Å². The van der Waals surface area contributed by atoms with E-state index in [4.69, 9.17) is 10.5 Å². The second-order valence-corrected chi connectivity index (χ2v) is 3.93. The van der Waals surface area contributed by atoms with E-state index in [0.29, 0.717) is 32.0 Å². The van der Waals surface area contributed by atoms with Gasteiger partial charge in [-0.2, -0.15) is 10.1 Å². The quantitative estimate of drug-likeness (QED) is 0.691. The molecular weight excluding hydrogens is 210 g/mol. The minimum absolute atomic E-state index is 0.230. The molecule has 0 spiro atoms. The number of carbonyl (C=O) groups excluding carboxylic acids is 1. The summed E-state index contributed by atoms with van der Waals surface area (Å²) in [5.74, 6) is 0.174. The van der Waals surface area contributed by atoms with Gasteiger partial charge in [0.05, 0.1) is 0 Å². The van der Waals surface area contributed by atoms with Crippen molar-refractivity contribution in [3.63, 3.8) is 0 Å². The average molecular weight is 225 g/mol. The molecule has 0 aliphatic carbocycles. The monoisotopic (exact) mass is 225 g/mol. The Hall–Kier alpha value is -1.47. The number of nitrogens with one attached hydrogen (secondary N) is 1. The minimum atomic E-state index is -0.857.